The number of ether oxygens (including phenoxy) is 1. The molecule has 2 aliphatic heterocycles. The summed E-state index contributed by atoms with van der Waals surface area (Å²) >= 11 is 0. The Morgan fingerprint density at radius 3 is 2.88 bits per heavy atom. The molecule has 0 bridgehead atoms. The Morgan fingerprint density at radius 1 is 1.25 bits per heavy atom. The topological polar surface area (TPSA) is 29.5 Å². The summed E-state index contributed by atoms with van der Waals surface area (Å²) in [7, 11) is 0. The molecular weight excluding hydrogens is 202 g/mol. The Morgan fingerprint density at radius 2 is 2.06 bits per heavy atom. The monoisotopic (exact) mass is 215 g/mol. The average Bonchev–Trinajstić information content (AvgIpc) is 2.79. The minimum absolute atomic E-state index is 0.0484. The molecule has 1 aromatic carbocycles. The first-order valence-corrected chi connectivity index (χ1v) is 5.59. The molecule has 1 aromatic rings. The van der Waals surface area contributed by atoms with Gasteiger partial charge in [-0.15, -0.1) is 0 Å². The van der Waals surface area contributed by atoms with E-state index in [2.05, 4.69) is 0 Å². The Kier molecular flexibility index (Phi) is 2.17. The predicted octanol–water partition coefficient (Wildman–Crippen LogP) is 2.01. The molecule has 16 heavy (non-hydrogen) atoms. The summed E-state index contributed by atoms with van der Waals surface area (Å²) in [4.78, 5) is 13.6. The number of hydrogen-bond donors (Lipinski definition) is 0. The van der Waals surface area contributed by atoms with Crippen molar-refractivity contribution in [2.24, 2.45) is 0 Å². The van der Waals surface area contributed by atoms with Crippen LogP contribution >= 0.6 is 0 Å². The summed E-state index contributed by atoms with van der Waals surface area (Å²) in [6, 6.07) is 9.78. The molecule has 0 aromatic heterocycles. The van der Waals surface area contributed by atoms with Gasteiger partial charge >= 0.3 is 0 Å². The average molecular weight is 215 g/mol. The van der Waals surface area contributed by atoms with Crippen LogP contribution in [0.5, 0.6) is 0 Å². The zero-order chi connectivity index (χ0) is 11.0. The van der Waals surface area contributed by atoms with Gasteiger partial charge in [-0.2, -0.15) is 0 Å². The smallest absolute Gasteiger partial charge is 0.253 e. The summed E-state index contributed by atoms with van der Waals surface area (Å²) in [6.07, 6.45) is 3.52. The van der Waals surface area contributed by atoms with Crippen LogP contribution in [0.4, 0.5) is 0 Å². The van der Waals surface area contributed by atoms with Gasteiger partial charge in [0, 0.05) is 24.6 Å². The Hall–Kier alpha value is -1.77. The fraction of sp³-hybridized carbons (Fsp3) is 0.308. The molecule has 2 heterocycles. The molecule has 3 heteroatoms. The summed E-state index contributed by atoms with van der Waals surface area (Å²) in [5, 5.41) is 0. The third kappa shape index (κ3) is 1.48. The van der Waals surface area contributed by atoms with E-state index in [1.54, 1.807) is 11.0 Å². The summed E-state index contributed by atoms with van der Waals surface area (Å²) < 4.78 is 5.83. The van der Waals surface area contributed by atoms with Crippen molar-refractivity contribution in [2.45, 2.75) is 19.1 Å². The van der Waals surface area contributed by atoms with Crippen LogP contribution in [-0.4, -0.2) is 23.6 Å². The zero-order valence-corrected chi connectivity index (χ0v) is 8.93. The first-order valence-electron chi connectivity index (χ1n) is 5.59. The van der Waals surface area contributed by atoms with Crippen LogP contribution in [0.2, 0.25) is 0 Å². The summed E-state index contributed by atoms with van der Waals surface area (Å²) in [5.74, 6) is 0.779. The van der Waals surface area contributed by atoms with Gasteiger partial charge in [-0.1, -0.05) is 30.3 Å². The first kappa shape index (κ1) is 9.46. The minimum Gasteiger partial charge on any atom is -0.470 e. The van der Waals surface area contributed by atoms with Gasteiger partial charge in [0.05, 0.1) is 0 Å². The maximum atomic E-state index is 11.8. The standard InChI is InChI=1S/C13H13NO2/c15-12-9-11(10-5-2-1-3-6-10)16-13-7-4-8-14(12)13/h1-3,5-6,9,13H,4,7-8H2. The van der Waals surface area contributed by atoms with Crippen molar-refractivity contribution in [1.82, 2.24) is 4.90 Å². The highest BCUT2D eigenvalue weighted by Gasteiger charge is 2.33. The third-order valence-electron chi connectivity index (χ3n) is 3.06. The molecule has 0 aliphatic carbocycles. The number of carbonyl (C=O) groups excluding carboxylic acids is 1. The van der Waals surface area contributed by atoms with Crippen molar-refractivity contribution in [1.29, 1.82) is 0 Å². The number of benzene rings is 1. The van der Waals surface area contributed by atoms with E-state index in [-0.39, 0.29) is 12.1 Å². The van der Waals surface area contributed by atoms with E-state index in [0.29, 0.717) is 5.76 Å². The lowest BCUT2D eigenvalue weighted by molar-refractivity contribution is -0.134. The molecular formula is C13H13NO2. The maximum absolute atomic E-state index is 11.8. The minimum atomic E-state index is -0.0484. The lowest BCUT2D eigenvalue weighted by Crippen LogP contribution is -2.39. The van der Waals surface area contributed by atoms with Crippen LogP contribution < -0.4 is 0 Å². The van der Waals surface area contributed by atoms with E-state index in [9.17, 15) is 4.79 Å². The normalized spacial score (nSPS) is 23.8. The van der Waals surface area contributed by atoms with E-state index < -0.39 is 0 Å². The molecule has 3 nitrogen and oxygen atoms in total. The van der Waals surface area contributed by atoms with E-state index in [4.69, 9.17) is 4.74 Å². The molecule has 1 unspecified atom stereocenters. The van der Waals surface area contributed by atoms with Crippen LogP contribution in [0.1, 0.15) is 18.4 Å². The van der Waals surface area contributed by atoms with Crippen LogP contribution in [-0.2, 0) is 9.53 Å². The second kappa shape index (κ2) is 3.67. The maximum Gasteiger partial charge on any atom is 0.253 e. The van der Waals surface area contributed by atoms with Crippen LogP contribution in [0.3, 0.4) is 0 Å². The fourth-order valence-electron chi connectivity index (χ4n) is 2.24. The number of carbonyl (C=O) groups is 1. The van der Waals surface area contributed by atoms with Crippen molar-refractivity contribution in [2.75, 3.05) is 6.54 Å². The van der Waals surface area contributed by atoms with Crippen molar-refractivity contribution >= 4 is 11.7 Å². The van der Waals surface area contributed by atoms with Gasteiger partial charge in [-0.25, -0.2) is 0 Å². The van der Waals surface area contributed by atoms with Crippen molar-refractivity contribution in [3.8, 4) is 0 Å². The number of fused-ring (bicyclic) bond motifs is 1. The molecule has 1 atom stereocenters. The van der Waals surface area contributed by atoms with Gasteiger partial charge in [0.25, 0.3) is 5.91 Å². The summed E-state index contributed by atoms with van der Waals surface area (Å²) in [6.45, 7) is 0.821. The molecule has 1 saturated heterocycles. The molecule has 0 saturated carbocycles. The number of rotatable bonds is 1. The second-order valence-electron chi connectivity index (χ2n) is 4.12. The van der Waals surface area contributed by atoms with Gasteiger partial charge in [0.1, 0.15) is 5.76 Å². The molecule has 2 aliphatic rings. The van der Waals surface area contributed by atoms with E-state index in [0.717, 1.165) is 24.9 Å². The third-order valence-corrected chi connectivity index (χ3v) is 3.06. The zero-order valence-electron chi connectivity index (χ0n) is 8.93. The molecule has 1 amide bonds. The Bertz CT molecular complexity index is 439. The predicted molar refractivity (Wildman–Crippen MR) is 60.2 cm³/mol. The van der Waals surface area contributed by atoms with Crippen LogP contribution in [0.15, 0.2) is 36.4 Å². The largest absolute Gasteiger partial charge is 0.470 e. The molecule has 0 spiro atoms. The molecule has 0 radical (unpaired) electrons. The highest BCUT2D eigenvalue weighted by Crippen LogP contribution is 2.29. The lowest BCUT2D eigenvalue weighted by Gasteiger charge is -2.29. The van der Waals surface area contributed by atoms with Gasteiger partial charge in [0.2, 0.25) is 0 Å². The lowest BCUT2D eigenvalue weighted by atomic mass is 10.1. The fourth-order valence-corrected chi connectivity index (χ4v) is 2.24. The molecule has 0 N–H and O–H groups in total. The Balaban J connectivity index is 1.93. The Labute approximate surface area is 94.3 Å². The molecule has 1 fully saturated rings. The van der Waals surface area contributed by atoms with Crippen molar-refractivity contribution in [3.63, 3.8) is 0 Å². The number of amides is 1. The first-order chi connectivity index (χ1) is 7.84. The second-order valence-corrected chi connectivity index (χ2v) is 4.12. The SMILES string of the molecule is O=C1C=C(c2ccccc2)OC2CCCN12. The van der Waals surface area contributed by atoms with E-state index in [1.165, 1.54) is 0 Å². The number of hydrogen-bond acceptors (Lipinski definition) is 2. The van der Waals surface area contributed by atoms with Crippen LogP contribution in [0, 0.1) is 0 Å². The highest BCUT2D eigenvalue weighted by molar-refractivity contribution is 5.95. The number of nitrogens with zero attached hydrogens (tertiary/aromatic N) is 1. The van der Waals surface area contributed by atoms with E-state index >= 15 is 0 Å². The van der Waals surface area contributed by atoms with Crippen molar-refractivity contribution < 1.29 is 9.53 Å². The van der Waals surface area contributed by atoms with Gasteiger partial charge in [-0.3, -0.25) is 4.79 Å². The molecule has 3 rings (SSSR count). The van der Waals surface area contributed by atoms with Crippen molar-refractivity contribution in [3.05, 3.63) is 42.0 Å². The van der Waals surface area contributed by atoms with Crippen LogP contribution in [0.25, 0.3) is 5.76 Å². The van der Waals surface area contributed by atoms with Gasteiger partial charge in [0.15, 0.2) is 6.23 Å². The quantitative estimate of drug-likeness (QED) is 0.717. The summed E-state index contributed by atoms with van der Waals surface area (Å²) in [5.41, 5.74) is 0.974. The van der Waals surface area contributed by atoms with Gasteiger partial charge < -0.3 is 9.64 Å². The molecule has 82 valence electrons. The van der Waals surface area contributed by atoms with Gasteiger partial charge in [-0.05, 0) is 6.42 Å². The van der Waals surface area contributed by atoms with E-state index in [1.807, 2.05) is 30.3 Å². The highest BCUT2D eigenvalue weighted by atomic mass is 16.5.